The second-order valence-electron chi connectivity index (χ2n) is 3.19. The molecule has 1 aliphatic rings. The van der Waals surface area contributed by atoms with Crippen LogP contribution in [-0.4, -0.2) is 7.85 Å². The van der Waals surface area contributed by atoms with Gasteiger partial charge >= 0.3 is 0 Å². The molecule has 0 spiro atoms. The SMILES string of the molecule is [B]C1CCC(CC)CC1. The van der Waals surface area contributed by atoms with E-state index in [0.717, 1.165) is 5.92 Å². The number of hydrogen-bond donors (Lipinski definition) is 0. The van der Waals surface area contributed by atoms with E-state index in [1.165, 1.54) is 32.1 Å². The van der Waals surface area contributed by atoms with E-state index in [-0.39, 0.29) is 0 Å². The van der Waals surface area contributed by atoms with E-state index < -0.39 is 0 Å². The van der Waals surface area contributed by atoms with E-state index in [1.807, 2.05) is 0 Å². The first kappa shape index (κ1) is 7.18. The van der Waals surface area contributed by atoms with Crippen LogP contribution in [-0.2, 0) is 0 Å². The van der Waals surface area contributed by atoms with Crippen LogP contribution >= 0.6 is 0 Å². The molecular weight excluding hydrogens is 107 g/mol. The Morgan fingerprint density at radius 2 is 1.78 bits per heavy atom. The van der Waals surface area contributed by atoms with Crippen LogP contribution in [0.25, 0.3) is 0 Å². The average molecular weight is 122 g/mol. The van der Waals surface area contributed by atoms with Crippen molar-refractivity contribution in [3.05, 3.63) is 0 Å². The molecule has 0 aliphatic heterocycles. The summed E-state index contributed by atoms with van der Waals surface area (Å²) in [4.78, 5) is 0. The highest BCUT2D eigenvalue weighted by Gasteiger charge is 2.15. The van der Waals surface area contributed by atoms with Gasteiger partial charge in [0.25, 0.3) is 0 Å². The minimum Gasteiger partial charge on any atom is -0.0774 e. The zero-order chi connectivity index (χ0) is 6.69. The highest BCUT2D eigenvalue weighted by Crippen LogP contribution is 2.31. The zero-order valence-corrected chi connectivity index (χ0v) is 6.27. The fraction of sp³-hybridized carbons (Fsp3) is 1.00. The van der Waals surface area contributed by atoms with Crippen molar-refractivity contribution in [3.63, 3.8) is 0 Å². The highest BCUT2D eigenvalue weighted by molar-refractivity contribution is 6.11. The van der Waals surface area contributed by atoms with Gasteiger partial charge in [-0.1, -0.05) is 44.8 Å². The molecule has 0 aromatic heterocycles. The van der Waals surface area contributed by atoms with Gasteiger partial charge in [-0.3, -0.25) is 0 Å². The van der Waals surface area contributed by atoms with Crippen molar-refractivity contribution in [1.29, 1.82) is 0 Å². The van der Waals surface area contributed by atoms with Crippen molar-refractivity contribution in [2.45, 2.75) is 44.8 Å². The van der Waals surface area contributed by atoms with Crippen LogP contribution in [0, 0.1) is 5.92 Å². The maximum atomic E-state index is 5.75. The lowest BCUT2D eigenvalue weighted by molar-refractivity contribution is 0.350. The molecule has 9 heavy (non-hydrogen) atoms. The minimum atomic E-state index is 0.521. The van der Waals surface area contributed by atoms with E-state index in [0.29, 0.717) is 5.82 Å². The third-order valence-corrected chi connectivity index (χ3v) is 2.47. The van der Waals surface area contributed by atoms with Crippen molar-refractivity contribution in [1.82, 2.24) is 0 Å². The summed E-state index contributed by atoms with van der Waals surface area (Å²) in [5.41, 5.74) is 0. The molecule has 50 valence electrons. The Kier molecular flexibility index (Phi) is 2.62. The van der Waals surface area contributed by atoms with Crippen molar-refractivity contribution in [2.24, 2.45) is 5.92 Å². The van der Waals surface area contributed by atoms with E-state index in [4.69, 9.17) is 7.85 Å². The second-order valence-corrected chi connectivity index (χ2v) is 3.19. The Morgan fingerprint density at radius 3 is 2.22 bits per heavy atom. The molecule has 1 heteroatoms. The predicted molar refractivity (Wildman–Crippen MR) is 41.8 cm³/mol. The Labute approximate surface area is 59.4 Å². The summed E-state index contributed by atoms with van der Waals surface area (Å²) in [6.45, 7) is 2.28. The average Bonchev–Trinajstić information content (AvgIpc) is 1.90. The summed E-state index contributed by atoms with van der Waals surface area (Å²) < 4.78 is 0. The molecule has 0 saturated heterocycles. The van der Waals surface area contributed by atoms with Gasteiger partial charge in [-0.05, 0) is 5.92 Å². The standard InChI is InChI=1S/C8H15B/c1-2-7-3-5-8(9)6-4-7/h7-8H,2-6H2,1H3. The number of hydrogen-bond acceptors (Lipinski definition) is 0. The Balaban J connectivity index is 2.18. The molecule has 1 aliphatic carbocycles. The van der Waals surface area contributed by atoms with Crippen LogP contribution < -0.4 is 0 Å². The fourth-order valence-electron chi connectivity index (χ4n) is 1.60. The van der Waals surface area contributed by atoms with Gasteiger partial charge in [-0.2, -0.15) is 0 Å². The molecule has 1 fully saturated rings. The topological polar surface area (TPSA) is 0 Å². The van der Waals surface area contributed by atoms with Gasteiger partial charge in [0.15, 0.2) is 0 Å². The molecular formula is C8H15B. The first-order valence-electron chi connectivity index (χ1n) is 4.08. The third kappa shape index (κ3) is 2.04. The highest BCUT2D eigenvalue weighted by atomic mass is 14.2. The first-order valence-corrected chi connectivity index (χ1v) is 4.08. The monoisotopic (exact) mass is 122 g/mol. The van der Waals surface area contributed by atoms with Crippen molar-refractivity contribution < 1.29 is 0 Å². The molecule has 0 unspecified atom stereocenters. The van der Waals surface area contributed by atoms with E-state index in [1.54, 1.807) is 0 Å². The largest absolute Gasteiger partial charge is 0.0774 e. The van der Waals surface area contributed by atoms with E-state index in [9.17, 15) is 0 Å². The zero-order valence-electron chi connectivity index (χ0n) is 6.27. The molecule has 0 bridgehead atoms. The van der Waals surface area contributed by atoms with E-state index in [2.05, 4.69) is 6.92 Å². The molecule has 1 saturated carbocycles. The second kappa shape index (κ2) is 3.29. The summed E-state index contributed by atoms with van der Waals surface area (Å²) in [5, 5.41) is 0. The van der Waals surface area contributed by atoms with Gasteiger partial charge in [0.05, 0.1) is 7.85 Å². The predicted octanol–water partition coefficient (Wildman–Crippen LogP) is 2.54. The minimum absolute atomic E-state index is 0.521. The van der Waals surface area contributed by atoms with Crippen molar-refractivity contribution >= 4 is 7.85 Å². The maximum Gasteiger partial charge on any atom is 0.0699 e. The quantitative estimate of drug-likeness (QED) is 0.469. The van der Waals surface area contributed by atoms with Gasteiger partial charge in [0.1, 0.15) is 0 Å². The molecule has 0 heterocycles. The summed E-state index contributed by atoms with van der Waals surface area (Å²) >= 11 is 0. The Bertz CT molecular complexity index is 72.6. The normalized spacial score (nSPS) is 36.6. The van der Waals surface area contributed by atoms with Crippen molar-refractivity contribution in [3.8, 4) is 0 Å². The summed E-state index contributed by atoms with van der Waals surface area (Å²) in [6.07, 6.45) is 6.62. The smallest absolute Gasteiger partial charge is 0.0699 e. The van der Waals surface area contributed by atoms with Crippen LogP contribution in [0.4, 0.5) is 0 Å². The lowest BCUT2D eigenvalue weighted by Gasteiger charge is -2.24. The van der Waals surface area contributed by atoms with Crippen LogP contribution in [0.15, 0.2) is 0 Å². The first-order chi connectivity index (χ1) is 4.33. The molecule has 0 atom stereocenters. The van der Waals surface area contributed by atoms with Gasteiger partial charge in [0.2, 0.25) is 0 Å². The molecule has 0 nitrogen and oxygen atoms in total. The third-order valence-electron chi connectivity index (χ3n) is 2.47. The summed E-state index contributed by atoms with van der Waals surface area (Å²) in [5.74, 6) is 1.51. The fourth-order valence-corrected chi connectivity index (χ4v) is 1.60. The van der Waals surface area contributed by atoms with Gasteiger partial charge in [-0.25, -0.2) is 0 Å². The van der Waals surface area contributed by atoms with Crippen LogP contribution in [0.1, 0.15) is 39.0 Å². The lowest BCUT2D eigenvalue weighted by atomic mass is 9.71. The van der Waals surface area contributed by atoms with Crippen LogP contribution in [0.2, 0.25) is 5.82 Å². The van der Waals surface area contributed by atoms with Crippen molar-refractivity contribution in [2.75, 3.05) is 0 Å². The summed E-state index contributed by atoms with van der Waals surface area (Å²) in [6, 6.07) is 0. The maximum absolute atomic E-state index is 5.75. The van der Waals surface area contributed by atoms with E-state index >= 15 is 0 Å². The summed E-state index contributed by atoms with van der Waals surface area (Å²) in [7, 11) is 5.75. The Hall–Kier alpha value is 0.0649. The molecule has 0 N–H and O–H groups in total. The molecule has 1 rings (SSSR count). The van der Waals surface area contributed by atoms with Crippen LogP contribution in [0.3, 0.4) is 0 Å². The van der Waals surface area contributed by atoms with Gasteiger partial charge in [0, 0.05) is 0 Å². The molecule has 0 amide bonds. The molecule has 2 radical (unpaired) electrons. The molecule has 0 aromatic rings. The van der Waals surface area contributed by atoms with Gasteiger partial charge < -0.3 is 0 Å². The Morgan fingerprint density at radius 1 is 1.22 bits per heavy atom. The number of rotatable bonds is 1. The lowest BCUT2D eigenvalue weighted by Crippen LogP contribution is -2.09. The van der Waals surface area contributed by atoms with Crippen LogP contribution in [0.5, 0.6) is 0 Å². The van der Waals surface area contributed by atoms with Gasteiger partial charge in [-0.15, -0.1) is 0 Å². The molecule has 0 aromatic carbocycles.